The number of hydrogen-bond donors (Lipinski definition) is 1. The molecule has 2 aromatic carbocycles. The fourth-order valence-corrected chi connectivity index (χ4v) is 4.38. The van der Waals surface area contributed by atoms with E-state index in [1.54, 1.807) is 25.1 Å². The molecule has 0 spiro atoms. The van der Waals surface area contributed by atoms with Crippen LogP contribution in [0, 0.1) is 6.92 Å². The average Bonchev–Trinajstić information content (AvgIpc) is 3.10. The van der Waals surface area contributed by atoms with E-state index in [-0.39, 0.29) is 23.0 Å². The number of aryl methyl sites for hydroxylation is 1. The van der Waals surface area contributed by atoms with Gasteiger partial charge in [-0.1, -0.05) is 41.6 Å². The third-order valence-corrected chi connectivity index (χ3v) is 6.21. The van der Waals surface area contributed by atoms with Crippen molar-refractivity contribution in [3.05, 3.63) is 81.5 Å². The molecule has 0 aliphatic carbocycles. The minimum absolute atomic E-state index is 0.0895. The first-order valence-electron chi connectivity index (χ1n) is 10.9. The molecule has 1 N–H and O–H groups in total. The van der Waals surface area contributed by atoms with Gasteiger partial charge in [0.1, 0.15) is 16.4 Å². The lowest BCUT2D eigenvalue weighted by Gasteiger charge is -2.20. The van der Waals surface area contributed by atoms with Crippen LogP contribution in [-0.2, 0) is 9.53 Å². The van der Waals surface area contributed by atoms with E-state index in [2.05, 4.69) is 23.7 Å². The van der Waals surface area contributed by atoms with Gasteiger partial charge in [-0.2, -0.15) is 0 Å². The number of nitrogens with zero attached hydrogens (tertiary/aromatic N) is 2. The van der Waals surface area contributed by atoms with Gasteiger partial charge in [0.2, 0.25) is 0 Å². The molecule has 0 radical (unpaired) electrons. The minimum Gasteiger partial charge on any atom is -0.506 e. The first-order chi connectivity index (χ1) is 15.9. The van der Waals surface area contributed by atoms with Crippen molar-refractivity contribution in [2.45, 2.75) is 27.7 Å². The molecular formula is C26H28N2O4S. The van der Waals surface area contributed by atoms with Crippen LogP contribution < -0.4 is 4.90 Å². The van der Waals surface area contributed by atoms with Gasteiger partial charge >= 0.3 is 5.97 Å². The SMILES string of the molecule is CCOC(=O)C1=C(O)/C(=C\c2ccc(N(CC)CC)cc2)SC1=NC(=O)c1ccc(C)cc1. The Balaban J connectivity index is 1.94. The van der Waals surface area contributed by atoms with E-state index in [9.17, 15) is 14.7 Å². The number of amides is 1. The minimum atomic E-state index is -0.710. The largest absolute Gasteiger partial charge is 0.506 e. The van der Waals surface area contributed by atoms with Gasteiger partial charge < -0.3 is 14.7 Å². The Kier molecular flexibility index (Phi) is 8.11. The van der Waals surface area contributed by atoms with Crippen molar-refractivity contribution in [3.8, 4) is 0 Å². The number of hydrogen-bond acceptors (Lipinski definition) is 6. The quantitative estimate of drug-likeness (QED) is 0.542. The third-order valence-electron chi connectivity index (χ3n) is 5.19. The van der Waals surface area contributed by atoms with Crippen molar-refractivity contribution >= 4 is 40.4 Å². The summed E-state index contributed by atoms with van der Waals surface area (Å²) in [6, 6.07) is 14.9. The van der Waals surface area contributed by atoms with Crippen LogP contribution in [-0.4, -0.2) is 41.7 Å². The lowest BCUT2D eigenvalue weighted by atomic mass is 10.1. The highest BCUT2D eigenvalue weighted by Crippen LogP contribution is 2.39. The Bertz CT molecular complexity index is 1110. The smallest absolute Gasteiger partial charge is 0.344 e. The fourth-order valence-electron chi connectivity index (χ4n) is 3.37. The number of anilines is 1. The van der Waals surface area contributed by atoms with E-state index in [1.807, 2.05) is 43.3 Å². The second-order valence-corrected chi connectivity index (χ2v) is 8.44. The van der Waals surface area contributed by atoms with Crippen LogP contribution in [0.15, 0.2) is 69.8 Å². The summed E-state index contributed by atoms with van der Waals surface area (Å²) in [5.41, 5.74) is 3.30. The van der Waals surface area contributed by atoms with Gasteiger partial charge in [-0.25, -0.2) is 9.79 Å². The molecule has 7 heteroatoms. The number of aliphatic imine (C=N–C) groups is 1. The van der Waals surface area contributed by atoms with Gasteiger partial charge in [-0.05, 0) is 63.6 Å². The van der Waals surface area contributed by atoms with Crippen molar-refractivity contribution in [1.29, 1.82) is 0 Å². The summed E-state index contributed by atoms with van der Waals surface area (Å²) in [4.78, 5) is 32.0. The van der Waals surface area contributed by atoms with Crippen molar-refractivity contribution in [2.24, 2.45) is 4.99 Å². The molecule has 0 fully saturated rings. The molecule has 1 amide bonds. The second kappa shape index (κ2) is 11.0. The Morgan fingerprint density at radius 3 is 2.24 bits per heavy atom. The van der Waals surface area contributed by atoms with Gasteiger partial charge in [0.05, 0.1) is 11.5 Å². The van der Waals surface area contributed by atoms with Crippen LogP contribution in [0.2, 0.25) is 0 Å². The lowest BCUT2D eigenvalue weighted by Crippen LogP contribution is -2.21. The molecule has 0 aromatic heterocycles. The summed E-state index contributed by atoms with van der Waals surface area (Å²) < 4.78 is 5.10. The maximum absolute atomic E-state index is 12.7. The van der Waals surface area contributed by atoms with Crippen molar-refractivity contribution < 1.29 is 19.4 Å². The van der Waals surface area contributed by atoms with Gasteiger partial charge in [-0.3, -0.25) is 4.79 Å². The summed E-state index contributed by atoms with van der Waals surface area (Å²) in [7, 11) is 0. The maximum atomic E-state index is 12.7. The van der Waals surface area contributed by atoms with Crippen LogP contribution in [0.4, 0.5) is 5.69 Å². The van der Waals surface area contributed by atoms with Gasteiger partial charge in [0.25, 0.3) is 5.91 Å². The summed E-state index contributed by atoms with van der Waals surface area (Å²) in [6.45, 7) is 9.78. The van der Waals surface area contributed by atoms with Gasteiger partial charge in [0, 0.05) is 24.3 Å². The zero-order valence-electron chi connectivity index (χ0n) is 19.3. The number of ether oxygens (including phenoxy) is 1. The van der Waals surface area contributed by atoms with Crippen LogP contribution >= 0.6 is 11.8 Å². The summed E-state index contributed by atoms with van der Waals surface area (Å²) >= 11 is 1.08. The van der Waals surface area contributed by atoms with E-state index in [1.165, 1.54) is 0 Å². The highest BCUT2D eigenvalue weighted by Gasteiger charge is 2.33. The highest BCUT2D eigenvalue weighted by atomic mass is 32.2. The monoisotopic (exact) mass is 464 g/mol. The van der Waals surface area contributed by atoms with Gasteiger partial charge in [0.15, 0.2) is 0 Å². The zero-order chi connectivity index (χ0) is 24.0. The van der Waals surface area contributed by atoms with Gasteiger partial charge in [-0.15, -0.1) is 0 Å². The average molecular weight is 465 g/mol. The molecule has 1 aliphatic rings. The first-order valence-corrected chi connectivity index (χ1v) is 11.7. The van der Waals surface area contributed by atoms with Crippen LogP contribution in [0.5, 0.6) is 0 Å². The number of carbonyl (C=O) groups is 2. The number of carbonyl (C=O) groups excluding carboxylic acids is 2. The number of esters is 1. The number of aliphatic hydroxyl groups excluding tert-OH is 1. The number of benzene rings is 2. The molecule has 172 valence electrons. The maximum Gasteiger partial charge on any atom is 0.344 e. The molecule has 0 atom stereocenters. The molecule has 2 aromatic rings. The van der Waals surface area contributed by atoms with E-state index >= 15 is 0 Å². The summed E-state index contributed by atoms with van der Waals surface area (Å²) in [5.74, 6) is -1.43. The highest BCUT2D eigenvalue weighted by molar-refractivity contribution is 8.18. The molecule has 0 bridgehead atoms. The van der Waals surface area contributed by atoms with Crippen molar-refractivity contribution in [1.82, 2.24) is 0 Å². The van der Waals surface area contributed by atoms with E-state index in [0.717, 1.165) is 41.7 Å². The molecule has 3 rings (SSSR count). The first kappa shape index (κ1) is 24.3. The molecule has 33 heavy (non-hydrogen) atoms. The standard InChI is InChI=1S/C26H28N2O4S/c1-5-28(6-2)20-14-10-18(11-15-20)16-21-23(29)22(26(31)32-7-3)25(33-21)27-24(30)19-12-8-17(4)9-13-19/h8-16,29H,5-7H2,1-4H3/b21-16+,27-25?. The fraction of sp³-hybridized carbons (Fsp3) is 0.269. The van der Waals surface area contributed by atoms with Crippen molar-refractivity contribution in [2.75, 3.05) is 24.6 Å². The summed E-state index contributed by atoms with van der Waals surface area (Å²) in [5, 5.41) is 10.9. The molecule has 6 nitrogen and oxygen atoms in total. The molecular weight excluding hydrogens is 436 g/mol. The number of thioether (sulfide) groups is 1. The van der Waals surface area contributed by atoms with Crippen molar-refractivity contribution in [3.63, 3.8) is 0 Å². The van der Waals surface area contributed by atoms with E-state index in [0.29, 0.717) is 10.5 Å². The third kappa shape index (κ3) is 5.73. The Labute approximate surface area is 198 Å². The van der Waals surface area contributed by atoms with Crippen LogP contribution in [0.25, 0.3) is 6.08 Å². The molecule has 1 heterocycles. The lowest BCUT2D eigenvalue weighted by molar-refractivity contribution is -0.138. The molecule has 1 aliphatic heterocycles. The Morgan fingerprint density at radius 1 is 1.03 bits per heavy atom. The Hall–Kier alpha value is -3.32. The van der Waals surface area contributed by atoms with Crippen LogP contribution in [0.1, 0.15) is 42.3 Å². The van der Waals surface area contributed by atoms with E-state index in [4.69, 9.17) is 4.74 Å². The zero-order valence-corrected chi connectivity index (χ0v) is 20.1. The molecule has 0 saturated carbocycles. The number of rotatable bonds is 7. The predicted octanol–water partition coefficient (Wildman–Crippen LogP) is 5.54. The van der Waals surface area contributed by atoms with E-state index < -0.39 is 11.9 Å². The molecule has 0 saturated heterocycles. The predicted molar refractivity (Wildman–Crippen MR) is 135 cm³/mol. The van der Waals surface area contributed by atoms with Crippen LogP contribution in [0.3, 0.4) is 0 Å². The normalized spacial score (nSPS) is 15.9. The Morgan fingerprint density at radius 2 is 1.67 bits per heavy atom. The summed E-state index contributed by atoms with van der Waals surface area (Å²) in [6.07, 6.45) is 1.77. The molecule has 0 unspecified atom stereocenters. The second-order valence-electron chi connectivity index (χ2n) is 7.41. The topological polar surface area (TPSA) is 79.2 Å². The number of aliphatic hydroxyl groups is 1.